The van der Waals surface area contributed by atoms with Crippen molar-refractivity contribution in [1.29, 1.82) is 0 Å². The maximum atomic E-state index is 10.3. The SMILES string of the molecule is C=C/C=C(\C=C)PC(N)C(=O)O. The summed E-state index contributed by atoms with van der Waals surface area (Å²) in [6.45, 7) is 7.03. The minimum absolute atomic E-state index is 0.0343. The zero-order valence-electron chi connectivity index (χ0n) is 6.66. The Kier molecular flexibility index (Phi) is 5.26. The first-order valence-corrected chi connectivity index (χ1v) is 4.39. The van der Waals surface area contributed by atoms with E-state index < -0.39 is 11.8 Å². The fraction of sp³-hybridized carbons (Fsp3) is 0.125. The van der Waals surface area contributed by atoms with Crippen molar-refractivity contribution in [2.24, 2.45) is 5.73 Å². The molecule has 0 bridgehead atoms. The van der Waals surface area contributed by atoms with Gasteiger partial charge in [0.15, 0.2) is 0 Å². The van der Waals surface area contributed by atoms with Gasteiger partial charge in [-0.3, -0.25) is 4.79 Å². The van der Waals surface area contributed by atoms with Gasteiger partial charge < -0.3 is 10.8 Å². The Morgan fingerprint density at radius 1 is 1.58 bits per heavy atom. The lowest BCUT2D eigenvalue weighted by atomic mass is 10.5. The highest BCUT2D eigenvalue weighted by Crippen LogP contribution is 2.27. The first kappa shape index (κ1) is 11.1. The monoisotopic (exact) mass is 185 g/mol. The van der Waals surface area contributed by atoms with E-state index in [1.165, 1.54) is 0 Å². The summed E-state index contributed by atoms with van der Waals surface area (Å²) < 4.78 is 0. The highest BCUT2D eigenvalue weighted by Gasteiger charge is 2.11. The largest absolute Gasteiger partial charge is 0.480 e. The molecule has 0 aromatic heterocycles. The molecule has 0 saturated heterocycles. The summed E-state index contributed by atoms with van der Waals surface area (Å²) in [5.74, 6) is -1.83. The van der Waals surface area contributed by atoms with Crippen LogP contribution < -0.4 is 5.73 Å². The van der Waals surface area contributed by atoms with E-state index in [0.717, 1.165) is 5.31 Å². The van der Waals surface area contributed by atoms with E-state index >= 15 is 0 Å². The van der Waals surface area contributed by atoms with Gasteiger partial charge >= 0.3 is 5.97 Å². The summed E-state index contributed by atoms with van der Waals surface area (Å²) in [4.78, 5) is 10.3. The van der Waals surface area contributed by atoms with Crippen LogP contribution in [0, 0.1) is 0 Å². The van der Waals surface area contributed by atoms with Gasteiger partial charge in [-0.15, -0.1) is 0 Å². The van der Waals surface area contributed by atoms with E-state index in [-0.39, 0.29) is 8.58 Å². The Hall–Kier alpha value is -0.920. The predicted molar refractivity (Wildman–Crippen MR) is 52.4 cm³/mol. The summed E-state index contributed by atoms with van der Waals surface area (Å²) in [7, 11) is 0.0343. The molecule has 0 saturated carbocycles. The smallest absolute Gasteiger partial charge is 0.324 e. The van der Waals surface area contributed by atoms with Crippen molar-refractivity contribution in [2.45, 2.75) is 5.78 Å². The van der Waals surface area contributed by atoms with Gasteiger partial charge in [0, 0.05) is 0 Å². The minimum atomic E-state index is -0.995. The normalized spacial score (nSPS) is 14.6. The van der Waals surface area contributed by atoms with Gasteiger partial charge in [0.05, 0.1) is 0 Å². The van der Waals surface area contributed by atoms with Crippen molar-refractivity contribution in [1.82, 2.24) is 0 Å². The molecule has 2 unspecified atom stereocenters. The maximum Gasteiger partial charge on any atom is 0.324 e. The van der Waals surface area contributed by atoms with Gasteiger partial charge in [-0.2, -0.15) is 0 Å². The number of hydrogen-bond donors (Lipinski definition) is 2. The lowest BCUT2D eigenvalue weighted by Gasteiger charge is -2.05. The Morgan fingerprint density at radius 2 is 2.17 bits per heavy atom. The highest BCUT2D eigenvalue weighted by molar-refractivity contribution is 7.45. The molecule has 0 amide bonds. The Labute approximate surface area is 73.4 Å². The molecule has 0 rings (SSSR count). The highest BCUT2D eigenvalue weighted by atomic mass is 31.1. The van der Waals surface area contributed by atoms with Crippen molar-refractivity contribution in [3.05, 3.63) is 36.7 Å². The lowest BCUT2D eigenvalue weighted by molar-refractivity contribution is -0.136. The van der Waals surface area contributed by atoms with E-state index in [0.29, 0.717) is 0 Å². The number of nitrogens with two attached hydrogens (primary N) is 1. The summed E-state index contributed by atoms with van der Waals surface area (Å²) in [5.41, 5.74) is 5.31. The number of carboxylic acid groups (broad SMARTS) is 1. The second-order valence-electron chi connectivity index (χ2n) is 2.02. The van der Waals surface area contributed by atoms with Crippen LogP contribution in [0.15, 0.2) is 36.7 Å². The van der Waals surface area contributed by atoms with Crippen molar-refractivity contribution < 1.29 is 9.90 Å². The molecule has 0 aromatic rings. The number of aliphatic carboxylic acids is 1. The minimum Gasteiger partial charge on any atom is -0.480 e. The summed E-state index contributed by atoms with van der Waals surface area (Å²) in [5, 5.41) is 9.29. The molecular formula is C8H12NO2P. The maximum absolute atomic E-state index is 10.3. The van der Waals surface area contributed by atoms with Crippen LogP contribution >= 0.6 is 8.58 Å². The van der Waals surface area contributed by atoms with Crippen molar-refractivity contribution in [3.8, 4) is 0 Å². The average Bonchev–Trinajstić information content (AvgIpc) is 2.03. The first-order chi connectivity index (χ1) is 5.61. The molecule has 0 aliphatic carbocycles. The fourth-order valence-corrected chi connectivity index (χ4v) is 1.36. The number of allylic oxidation sites excluding steroid dienone is 4. The van der Waals surface area contributed by atoms with Gasteiger partial charge in [-0.1, -0.05) is 40.0 Å². The second kappa shape index (κ2) is 5.70. The van der Waals surface area contributed by atoms with Crippen LogP contribution in [0.1, 0.15) is 0 Å². The van der Waals surface area contributed by atoms with E-state index in [4.69, 9.17) is 10.8 Å². The van der Waals surface area contributed by atoms with Gasteiger partial charge in [0.2, 0.25) is 0 Å². The average molecular weight is 185 g/mol. The number of carboxylic acids is 1. The zero-order chi connectivity index (χ0) is 9.56. The summed E-state index contributed by atoms with van der Waals surface area (Å²) >= 11 is 0. The van der Waals surface area contributed by atoms with Gasteiger partial charge in [0.1, 0.15) is 5.78 Å². The van der Waals surface area contributed by atoms with E-state index in [1.807, 2.05) is 0 Å². The van der Waals surface area contributed by atoms with E-state index in [1.54, 1.807) is 18.2 Å². The molecule has 0 radical (unpaired) electrons. The van der Waals surface area contributed by atoms with Crippen LogP contribution in [-0.2, 0) is 4.79 Å². The van der Waals surface area contributed by atoms with Crippen LogP contribution in [0.25, 0.3) is 0 Å². The molecule has 2 atom stereocenters. The van der Waals surface area contributed by atoms with Gasteiger partial charge in [0.25, 0.3) is 0 Å². The van der Waals surface area contributed by atoms with E-state index in [2.05, 4.69) is 13.2 Å². The predicted octanol–water partition coefficient (Wildman–Crippen LogP) is 1.29. The Bertz CT molecular complexity index is 223. The molecule has 0 aliphatic heterocycles. The molecule has 0 spiro atoms. The topological polar surface area (TPSA) is 63.3 Å². The number of hydrogen-bond acceptors (Lipinski definition) is 2. The van der Waals surface area contributed by atoms with Gasteiger partial charge in [-0.05, 0) is 5.31 Å². The van der Waals surface area contributed by atoms with Crippen molar-refractivity contribution in [2.75, 3.05) is 0 Å². The third-order valence-corrected chi connectivity index (χ3v) is 2.37. The summed E-state index contributed by atoms with van der Waals surface area (Å²) in [6, 6.07) is 0. The molecular weight excluding hydrogens is 173 g/mol. The molecule has 0 fully saturated rings. The van der Waals surface area contributed by atoms with Crippen LogP contribution in [0.3, 0.4) is 0 Å². The third kappa shape index (κ3) is 4.06. The molecule has 66 valence electrons. The molecule has 0 heterocycles. The molecule has 3 nitrogen and oxygen atoms in total. The summed E-state index contributed by atoms with van der Waals surface area (Å²) in [6.07, 6.45) is 4.87. The van der Waals surface area contributed by atoms with Crippen molar-refractivity contribution in [3.63, 3.8) is 0 Å². The third-order valence-electron chi connectivity index (χ3n) is 1.11. The fourth-order valence-electron chi connectivity index (χ4n) is 0.543. The van der Waals surface area contributed by atoms with Crippen LogP contribution in [-0.4, -0.2) is 16.9 Å². The molecule has 3 N–H and O–H groups in total. The van der Waals surface area contributed by atoms with Crippen molar-refractivity contribution >= 4 is 14.6 Å². The van der Waals surface area contributed by atoms with E-state index in [9.17, 15) is 4.79 Å². The van der Waals surface area contributed by atoms with Gasteiger partial charge in [-0.25, -0.2) is 0 Å². The lowest BCUT2D eigenvalue weighted by Crippen LogP contribution is -2.24. The van der Waals surface area contributed by atoms with Crippen LogP contribution in [0.5, 0.6) is 0 Å². The zero-order valence-corrected chi connectivity index (χ0v) is 7.66. The Morgan fingerprint density at radius 3 is 2.50 bits per heavy atom. The molecule has 0 aliphatic rings. The molecule has 4 heteroatoms. The quantitative estimate of drug-likeness (QED) is 0.501. The standard InChI is InChI=1S/C8H12NO2P/c1-3-5-6(4-2)12-7(9)8(10)11/h3-5,7,12H,1-2,9H2,(H,10,11)/b6-5+. The Balaban J connectivity index is 4.20. The first-order valence-electron chi connectivity index (χ1n) is 3.32. The molecule has 12 heavy (non-hydrogen) atoms. The number of rotatable bonds is 5. The molecule has 0 aromatic carbocycles. The second-order valence-corrected chi connectivity index (χ2v) is 3.51. The van der Waals surface area contributed by atoms with Crippen LogP contribution in [0.2, 0.25) is 0 Å². The number of carbonyl (C=O) groups is 1. The van der Waals surface area contributed by atoms with Crippen LogP contribution in [0.4, 0.5) is 0 Å².